The molecule has 27 heavy (non-hydrogen) atoms. The van der Waals surface area contributed by atoms with Crippen LogP contribution in [0.3, 0.4) is 0 Å². The summed E-state index contributed by atoms with van der Waals surface area (Å²) in [7, 11) is 0. The summed E-state index contributed by atoms with van der Waals surface area (Å²) in [5.41, 5.74) is 1.74. The van der Waals surface area contributed by atoms with Crippen LogP contribution < -0.4 is 0 Å². The number of halogens is 2. The molecule has 0 saturated carbocycles. The lowest BCUT2D eigenvalue weighted by Crippen LogP contribution is -2.29. The molecule has 140 valence electrons. The summed E-state index contributed by atoms with van der Waals surface area (Å²) in [6, 6.07) is 12.5. The molecule has 0 bridgehead atoms. The number of rotatable bonds is 6. The second kappa shape index (κ2) is 8.77. The van der Waals surface area contributed by atoms with Gasteiger partial charge in [0.05, 0.1) is 18.0 Å². The zero-order valence-electron chi connectivity index (χ0n) is 14.2. The molecule has 1 aliphatic rings. The molecule has 8 heteroatoms. The Morgan fingerprint density at radius 3 is 2.70 bits per heavy atom. The quantitative estimate of drug-likeness (QED) is 0.561. The van der Waals surface area contributed by atoms with E-state index in [4.69, 9.17) is 4.74 Å². The molecule has 2 aromatic carbocycles. The van der Waals surface area contributed by atoms with E-state index in [9.17, 15) is 18.4 Å². The van der Waals surface area contributed by atoms with Crippen LogP contribution in [0.4, 0.5) is 8.78 Å². The summed E-state index contributed by atoms with van der Waals surface area (Å²) in [6.45, 7) is -0.0273. The van der Waals surface area contributed by atoms with Gasteiger partial charge in [-0.05, 0) is 23.8 Å². The van der Waals surface area contributed by atoms with Gasteiger partial charge in [-0.2, -0.15) is 5.10 Å². The summed E-state index contributed by atoms with van der Waals surface area (Å²) in [5, 5.41) is 5.54. The van der Waals surface area contributed by atoms with Crippen LogP contribution >= 0.6 is 11.8 Å². The van der Waals surface area contributed by atoms with Crippen molar-refractivity contribution in [3.05, 3.63) is 65.7 Å². The highest BCUT2D eigenvalue weighted by molar-refractivity contribution is 8.00. The van der Waals surface area contributed by atoms with Crippen molar-refractivity contribution in [2.45, 2.75) is 11.3 Å². The summed E-state index contributed by atoms with van der Waals surface area (Å²) in [4.78, 5) is 23.9. The molecule has 2 aromatic rings. The fraction of sp³-hybridized carbons (Fsp3) is 0.211. The van der Waals surface area contributed by atoms with Gasteiger partial charge in [0.25, 0.3) is 5.91 Å². The molecular formula is C19H16F2N2O3S. The molecule has 5 nitrogen and oxygen atoms in total. The predicted molar refractivity (Wildman–Crippen MR) is 97.4 cm³/mol. The molecule has 0 unspecified atom stereocenters. The largest absolute Gasteiger partial charge is 0.455 e. The first-order chi connectivity index (χ1) is 13.0. The molecule has 0 aromatic heterocycles. The summed E-state index contributed by atoms with van der Waals surface area (Å²) < 4.78 is 31.5. The van der Waals surface area contributed by atoms with E-state index in [1.807, 2.05) is 30.3 Å². The maximum Gasteiger partial charge on any atom is 0.316 e. The number of carbonyl (C=O) groups excluding carboxylic acids is 2. The van der Waals surface area contributed by atoms with Crippen LogP contribution in [-0.2, 0) is 14.3 Å². The molecule has 1 heterocycles. The van der Waals surface area contributed by atoms with Crippen LogP contribution in [0.1, 0.15) is 12.0 Å². The van der Waals surface area contributed by atoms with Crippen molar-refractivity contribution < 1.29 is 23.1 Å². The number of hydrogen-bond acceptors (Lipinski definition) is 5. The first-order valence-electron chi connectivity index (χ1n) is 8.19. The Hall–Kier alpha value is -2.74. The highest BCUT2D eigenvalue weighted by atomic mass is 32.2. The van der Waals surface area contributed by atoms with Gasteiger partial charge in [0.15, 0.2) is 6.61 Å². The van der Waals surface area contributed by atoms with E-state index in [1.54, 1.807) is 0 Å². The summed E-state index contributed by atoms with van der Waals surface area (Å²) in [6.07, 6.45) is 0.623. The third-order valence-corrected chi connectivity index (χ3v) is 4.80. The molecule has 1 aliphatic heterocycles. The molecule has 0 aliphatic carbocycles. The normalized spacial score (nSPS) is 13.4. The van der Waals surface area contributed by atoms with Crippen molar-refractivity contribution in [2.75, 3.05) is 18.9 Å². The average Bonchev–Trinajstić information content (AvgIpc) is 3.18. The van der Waals surface area contributed by atoms with E-state index in [2.05, 4.69) is 5.10 Å². The highest BCUT2D eigenvalue weighted by Gasteiger charge is 2.22. The first-order valence-corrected chi connectivity index (χ1v) is 9.18. The Bertz CT molecular complexity index is 875. The van der Waals surface area contributed by atoms with Gasteiger partial charge in [-0.25, -0.2) is 13.8 Å². The molecule has 0 fully saturated rings. The molecule has 0 saturated heterocycles. The van der Waals surface area contributed by atoms with E-state index in [-0.39, 0.29) is 10.6 Å². The van der Waals surface area contributed by atoms with Crippen LogP contribution in [0, 0.1) is 11.6 Å². The standard InChI is InChI=1S/C19H16F2N2O3S/c20-14-6-7-15(21)17(10-14)27-12-19(25)26-11-18(24)23-9-8-16(22-23)13-4-2-1-3-5-13/h1-7,10H,8-9,11-12H2. The minimum absolute atomic E-state index is 0.00919. The minimum atomic E-state index is -0.691. The number of hydrazone groups is 1. The fourth-order valence-corrected chi connectivity index (χ4v) is 3.21. The van der Waals surface area contributed by atoms with Gasteiger partial charge >= 0.3 is 5.97 Å². The Labute approximate surface area is 159 Å². The summed E-state index contributed by atoms with van der Waals surface area (Å²) in [5.74, 6) is -2.57. The number of amides is 1. The van der Waals surface area contributed by atoms with Crippen LogP contribution in [0.25, 0.3) is 0 Å². The number of ether oxygens (including phenoxy) is 1. The lowest BCUT2D eigenvalue weighted by atomic mass is 10.1. The molecule has 1 amide bonds. The lowest BCUT2D eigenvalue weighted by Gasteiger charge is -2.11. The molecule has 0 atom stereocenters. The smallest absolute Gasteiger partial charge is 0.316 e. The number of nitrogens with zero attached hydrogens (tertiary/aromatic N) is 2. The van der Waals surface area contributed by atoms with Crippen molar-refractivity contribution in [1.29, 1.82) is 0 Å². The second-order valence-electron chi connectivity index (χ2n) is 5.70. The Morgan fingerprint density at radius 1 is 1.15 bits per heavy atom. The number of benzene rings is 2. The molecular weight excluding hydrogens is 374 g/mol. The van der Waals surface area contributed by atoms with E-state index in [1.165, 1.54) is 5.01 Å². The van der Waals surface area contributed by atoms with Crippen molar-refractivity contribution in [1.82, 2.24) is 5.01 Å². The van der Waals surface area contributed by atoms with Gasteiger partial charge in [0.2, 0.25) is 0 Å². The predicted octanol–water partition coefficient (Wildman–Crippen LogP) is 3.24. The Balaban J connectivity index is 1.47. The van der Waals surface area contributed by atoms with E-state index < -0.39 is 30.1 Å². The zero-order chi connectivity index (χ0) is 19.2. The van der Waals surface area contributed by atoms with Gasteiger partial charge in [0.1, 0.15) is 11.6 Å². The van der Waals surface area contributed by atoms with Crippen LogP contribution in [0.15, 0.2) is 58.5 Å². The monoisotopic (exact) mass is 390 g/mol. The van der Waals surface area contributed by atoms with Crippen LogP contribution in [0.5, 0.6) is 0 Å². The number of carbonyl (C=O) groups is 2. The molecule has 0 radical (unpaired) electrons. The SMILES string of the molecule is O=C(CSc1cc(F)ccc1F)OCC(=O)N1CCC(c2ccccc2)=N1. The maximum absolute atomic E-state index is 13.5. The third kappa shape index (κ3) is 5.13. The highest BCUT2D eigenvalue weighted by Crippen LogP contribution is 2.22. The van der Waals surface area contributed by atoms with E-state index >= 15 is 0 Å². The third-order valence-electron chi connectivity index (χ3n) is 3.79. The number of thioether (sulfide) groups is 1. The van der Waals surface area contributed by atoms with Gasteiger partial charge in [-0.3, -0.25) is 9.59 Å². The van der Waals surface area contributed by atoms with Crippen LogP contribution in [0.2, 0.25) is 0 Å². The summed E-state index contributed by atoms with van der Waals surface area (Å²) >= 11 is 0.809. The van der Waals surface area contributed by atoms with Crippen molar-refractivity contribution in [3.63, 3.8) is 0 Å². The Morgan fingerprint density at radius 2 is 1.93 bits per heavy atom. The van der Waals surface area contributed by atoms with E-state index in [0.29, 0.717) is 13.0 Å². The van der Waals surface area contributed by atoms with Crippen molar-refractivity contribution >= 4 is 29.4 Å². The van der Waals surface area contributed by atoms with Gasteiger partial charge in [-0.1, -0.05) is 30.3 Å². The molecule has 0 N–H and O–H groups in total. The van der Waals surface area contributed by atoms with Gasteiger partial charge < -0.3 is 4.74 Å². The fourth-order valence-electron chi connectivity index (χ4n) is 2.45. The number of hydrogen-bond donors (Lipinski definition) is 0. The maximum atomic E-state index is 13.5. The van der Waals surface area contributed by atoms with Crippen molar-refractivity contribution in [2.24, 2.45) is 5.10 Å². The van der Waals surface area contributed by atoms with Gasteiger partial charge in [0, 0.05) is 11.3 Å². The second-order valence-corrected chi connectivity index (χ2v) is 6.72. The number of esters is 1. The van der Waals surface area contributed by atoms with Crippen molar-refractivity contribution in [3.8, 4) is 0 Å². The molecule has 0 spiro atoms. The average molecular weight is 390 g/mol. The molecule has 3 rings (SSSR count). The van der Waals surface area contributed by atoms with Crippen LogP contribution in [-0.4, -0.2) is 41.5 Å². The minimum Gasteiger partial charge on any atom is -0.455 e. The Kier molecular flexibility index (Phi) is 6.18. The topological polar surface area (TPSA) is 59.0 Å². The van der Waals surface area contributed by atoms with Gasteiger partial charge in [-0.15, -0.1) is 11.8 Å². The lowest BCUT2D eigenvalue weighted by molar-refractivity contribution is -0.149. The zero-order valence-corrected chi connectivity index (χ0v) is 15.0. The first kappa shape index (κ1) is 19.0. The van der Waals surface area contributed by atoms with E-state index in [0.717, 1.165) is 41.2 Å².